The van der Waals surface area contributed by atoms with Crippen molar-refractivity contribution in [2.75, 3.05) is 12.4 Å². The number of benzene rings is 2. The molecule has 1 heterocycles. The summed E-state index contributed by atoms with van der Waals surface area (Å²) in [7, 11) is 1.54. The van der Waals surface area contributed by atoms with Gasteiger partial charge in [0.15, 0.2) is 18.2 Å². The second kappa shape index (κ2) is 11.8. The Balaban J connectivity index is 1.69. The molecule has 1 amide bonds. The number of ether oxygens (including phenoxy) is 2. The topological polar surface area (TPSA) is 135 Å². The number of amidine groups is 1. The first-order valence-electron chi connectivity index (χ1n) is 11.2. The highest BCUT2D eigenvalue weighted by molar-refractivity contribution is 6.46. The number of hydrogen-bond donors (Lipinski definition) is 3. The van der Waals surface area contributed by atoms with Crippen LogP contribution in [0.1, 0.15) is 32.0 Å². The van der Waals surface area contributed by atoms with Crippen LogP contribution < -0.4 is 15.9 Å². The molecule has 1 aromatic heterocycles. The molecular formula is C26H30N6O4. The Hall–Kier alpha value is -4.44. The maximum Gasteiger partial charge on any atom is 0.413 e. The normalized spacial score (nSPS) is 11.4. The molecule has 0 atom stereocenters. The number of pyridine rings is 1. The summed E-state index contributed by atoms with van der Waals surface area (Å²) >= 11 is 0. The Labute approximate surface area is 210 Å². The fourth-order valence-electron chi connectivity index (χ4n) is 2.91. The molecule has 0 aliphatic heterocycles. The third kappa shape index (κ3) is 8.10. The minimum Gasteiger partial charge on any atom is -0.457 e. The van der Waals surface area contributed by atoms with Crippen LogP contribution in [0.2, 0.25) is 0 Å². The third-order valence-corrected chi connectivity index (χ3v) is 4.49. The second-order valence-corrected chi connectivity index (χ2v) is 8.75. The molecule has 0 saturated carbocycles. The number of aromatic nitrogens is 1. The summed E-state index contributed by atoms with van der Waals surface area (Å²) in [5.74, 6) is 7.41. The standard InChI is InChI=1S/C26H30N6O4/c1-26(2,3)36-25(33)30-22-12-8-9-19(29-22)17-34-31-23(24(27)32(4)28)18-13-15-21(16-14-18)35-20-10-6-5-7-11-20/h5-16,27H,17,28H2,1-4H3,(H,29,30,33)/b27-24?,31-23-. The van der Waals surface area contributed by atoms with Crippen molar-refractivity contribution in [2.24, 2.45) is 11.0 Å². The van der Waals surface area contributed by atoms with Gasteiger partial charge in [-0.1, -0.05) is 29.4 Å². The molecule has 0 bridgehead atoms. The van der Waals surface area contributed by atoms with Gasteiger partial charge < -0.3 is 14.3 Å². The number of likely N-dealkylation sites (N-methyl/N-ethyl adjacent to an activating group) is 1. The average Bonchev–Trinajstić information content (AvgIpc) is 2.82. The first-order chi connectivity index (χ1) is 17.1. The highest BCUT2D eigenvalue weighted by Gasteiger charge is 2.17. The number of oxime groups is 1. The van der Waals surface area contributed by atoms with Gasteiger partial charge in [-0.15, -0.1) is 0 Å². The molecule has 0 saturated heterocycles. The molecule has 3 aromatic rings. The molecule has 0 fully saturated rings. The summed E-state index contributed by atoms with van der Waals surface area (Å²) in [5, 5.41) is 16.2. The zero-order chi connectivity index (χ0) is 26.1. The predicted molar refractivity (Wildman–Crippen MR) is 138 cm³/mol. The molecule has 3 rings (SSSR count). The lowest BCUT2D eigenvalue weighted by Gasteiger charge is -2.19. The van der Waals surface area contributed by atoms with E-state index in [1.165, 1.54) is 7.05 Å². The largest absolute Gasteiger partial charge is 0.457 e. The highest BCUT2D eigenvalue weighted by Crippen LogP contribution is 2.21. The van der Waals surface area contributed by atoms with E-state index in [1.807, 2.05) is 30.3 Å². The van der Waals surface area contributed by atoms with Crippen LogP contribution in [0.4, 0.5) is 10.6 Å². The Morgan fingerprint density at radius 2 is 1.69 bits per heavy atom. The number of nitrogens with one attached hydrogen (secondary N) is 2. The summed E-state index contributed by atoms with van der Waals surface area (Å²) in [6, 6.07) is 21.6. The van der Waals surface area contributed by atoms with Crippen molar-refractivity contribution in [3.8, 4) is 11.5 Å². The maximum atomic E-state index is 12.0. The lowest BCUT2D eigenvalue weighted by atomic mass is 10.1. The van der Waals surface area contributed by atoms with Crippen LogP contribution in [0.15, 0.2) is 78.0 Å². The summed E-state index contributed by atoms with van der Waals surface area (Å²) in [5.41, 5.74) is 0.744. The molecule has 4 N–H and O–H groups in total. The van der Waals surface area contributed by atoms with Crippen molar-refractivity contribution in [1.82, 2.24) is 9.99 Å². The summed E-state index contributed by atoms with van der Waals surface area (Å²) in [4.78, 5) is 21.8. The number of amides is 1. The number of rotatable bonds is 8. The minimum absolute atomic E-state index is 0.00407. The summed E-state index contributed by atoms with van der Waals surface area (Å²) in [6.07, 6.45) is -0.604. The fourth-order valence-corrected chi connectivity index (χ4v) is 2.91. The van der Waals surface area contributed by atoms with Gasteiger partial charge in [-0.3, -0.25) is 15.7 Å². The third-order valence-electron chi connectivity index (χ3n) is 4.49. The van der Waals surface area contributed by atoms with E-state index in [4.69, 9.17) is 25.6 Å². The highest BCUT2D eigenvalue weighted by atomic mass is 16.6. The Morgan fingerprint density at radius 1 is 1.03 bits per heavy atom. The zero-order valence-corrected chi connectivity index (χ0v) is 20.7. The number of para-hydroxylation sites is 1. The molecule has 10 heteroatoms. The van der Waals surface area contributed by atoms with Crippen molar-refractivity contribution in [3.63, 3.8) is 0 Å². The smallest absolute Gasteiger partial charge is 0.413 e. The summed E-state index contributed by atoms with van der Waals surface area (Å²) in [6.45, 7) is 5.34. The number of carbonyl (C=O) groups excluding carboxylic acids is 1. The second-order valence-electron chi connectivity index (χ2n) is 8.75. The number of nitrogens with zero attached hydrogens (tertiary/aromatic N) is 3. The Morgan fingerprint density at radius 3 is 2.33 bits per heavy atom. The summed E-state index contributed by atoms with van der Waals surface area (Å²) < 4.78 is 11.1. The van der Waals surface area contributed by atoms with Crippen molar-refractivity contribution in [1.29, 1.82) is 5.41 Å². The predicted octanol–water partition coefficient (Wildman–Crippen LogP) is 4.92. The SMILES string of the molecule is CN(N)C(=N)/C(=N\OCc1cccc(NC(=O)OC(C)(C)C)n1)c1ccc(Oc2ccccc2)cc1. The van der Waals surface area contributed by atoms with E-state index in [0.717, 1.165) is 5.01 Å². The van der Waals surface area contributed by atoms with Gasteiger partial charge in [0.05, 0.1) is 5.69 Å². The van der Waals surface area contributed by atoms with Gasteiger partial charge in [0.2, 0.25) is 0 Å². The number of nitrogens with two attached hydrogens (primary N) is 1. The minimum atomic E-state index is -0.623. The first-order valence-corrected chi connectivity index (χ1v) is 11.2. The molecule has 0 unspecified atom stereocenters. The van der Waals surface area contributed by atoms with Gasteiger partial charge in [-0.2, -0.15) is 0 Å². The Bertz CT molecular complexity index is 1210. The molecule has 0 spiro atoms. The zero-order valence-electron chi connectivity index (χ0n) is 20.7. The molecule has 0 aliphatic rings. The van der Waals surface area contributed by atoms with Crippen molar-refractivity contribution < 1.29 is 19.1 Å². The molecule has 0 aliphatic carbocycles. The number of carbonyl (C=O) groups is 1. The van der Waals surface area contributed by atoms with Gasteiger partial charge in [-0.05, 0) is 69.3 Å². The number of hydrogen-bond acceptors (Lipinski definition) is 8. The van der Waals surface area contributed by atoms with Gasteiger partial charge in [-0.25, -0.2) is 15.6 Å². The van der Waals surface area contributed by atoms with Crippen LogP contribution in [0.3, 0.4) is 0 Å². The van der Waals surface area contributed by atoms with Gasteiger partial charge >= 0.3 is 6.09 Å². The molecule has 36 heavy (non-hydrogen) atoms. The van der Waals surface area contributed by atoms with E-state index in [9.17, 15) is 4.79 Å². The van der Waals surface area contributed by atoms with Crippen LogP contribution in [-0.2, 0) is 16.2 Å². The quantitative estimate of drug-likeness (QED) is 0.176. The molecule has 188 valence electrons. The first kappa shape index (κ1) is 26.2. The van der Waals surface area contributed by atoms with Crippen LogP contribution in [0, 0.1) is 5.41 Å². The molecule has 10 nitrogen and oxygen atoms in total. The van der Waals surface area contributed by atoms with Gasteiger partial charge in [0.25, 0.3) is 0 Å². The number of anilines is 1. The van der Waals surface area contributed by atoms with Gasteiger partial charge in [0, 0.05) is 12.6 Å². The maximum absolute atomic E-state index is 12.0. The van der Waals surface area contributed by atoms with E-state index in [1.54, 1.807) is 63.2 Å². The van der Waals surface area contributed by atoms with E-state index < -0.39 is 11.7 Å². The van der Waals surface area contributed by atoms with Crippen LogP contribution in [-0.4, -0.2) is 40.3 Å². The number of hydrazine groups is 1. The van der Waals surface area contributed by atoms with Gasteiger partial charge in [0.1, 0.15) is 22.9 Å². The van der Waals surface area contributed by atoms with E-state index in [0.29, 0.717) is 28.6 Å². The van der Waals surface area contributed by atoms with Crippen LogP contribution in [0.25, 0.3) is 0 Å². The van der Waals surface area contributed by atoms with Crippen molar-refractivity contribution in [3.05, 3.63) is 84.1 Å². The Kier molecular flexibility index (Phi) is 8.58. The average molecular weight is 491 g/mol. The van der Waals surface area contributed by atoms with E-state index in [-0.39, 0.29) is 18.2 Å². The lowest BCUT2D eigenvalue weighted by molar-refractivity contribution is 0.0635. The fraction of sp³-hybridized carbons (Fsp3) is 0.231. The lowest BCUT2D eigenvalue weighted by Crippen LogP contribution is -2.38. The van der Waals surface area contributed by atoms with Crippen molar-refractivity contribution in [2.45, 2.75) is 33.0 Å². The van der Waals surface area contributed by atoms with Crippen LogP contribution >= 0.6 is 0 Å². The van der Waals surface area contributed by atoms with E-state index >= 15 is 0 Å². The monoisotopic (exact) mass is 490 g/mol. The van der Waals surface area contributed by atoms with Crippen LogP contribution in [0.5, 0.6) is 11.5 Å². The molecule has 0 radical (unpaired) electrons. The molecule has 2 aromatic carbocycles. The molecular weight excluding hydrogens is 460 g/mol. The van der Waals surface area contributed by atoms with Crippen molar-refractivity contribution >= 4 is 23.5 Å². The van der Waals surface area contributed by atoms with E-state index in [2.05, 4.69) is 15.5 Å².